The molecule has 3 heterocycles. The maximum atomic E-state index is 13.7. The number of methoxy groups -OCH3 is 1. The van der Waals surface area contributed by atoms with E-state index in [0.717, 1.165) is 37.9 Å². The summed E-state index contributed by atoms with van der Waals surface area (Å²) in [4.78, 5) is 23.8. The fourth-order valence-electron chi connectivity index (χ4n) is 3.83. The molecule has 0 aliphatic rings. The molecule has 8 heteroatoms. The minimum Gasteiger partial charge on any atom is -0.497 e. The molecule has 0 aliphatic carbocycles. The number of aryl methyl sites for hydroxylation is 2. The fourth-order valence-corrected chi connectivity index (χ4v) is 4.85. The highest BCUT2D eigenvalue weighted by Gasteiger charge is 2.20. The van der Waals surface area contributed by atoms with Crippen LogP contribution in [0.2, 0.25) is 5.02 Å². The first-order valence-corrected chi connectivity index (χ1v) is 11.1. The Hall–Kier alpha value is -3.29. The molecule has 5 aromatic rings. The van der Waals surface area contributed by atoms with Crippen LogP contribution in [0.5, 0.6) is 5.75 Å². The molecule has 0 aliphatic heterocycles. The van der Waals surface area contributed by atoms with E-state index >= 15 is 0 Å². The van der Waals surface area contributed by atoms with Gasteiger partial charge in [-0.05, 0) is 61.5 Å². The molecule has 0 amide bonds. The van der Waals surface area contributed by atoms with E-state index in [-0.39, 0.29) is 5.56 Å². The van der Waals surface area contributed by atoms with Crippen LogP contribution in [0.25, 0.3) is 27.6 Å². The van der Waals surface area contributed by atoms with Gasteiger partial charge >= 0.3 is 0 Å². The van der Waals surface area contributed by atoms with Gasteiger partial charge in [-0.1, -0.05) is 23.4 Å². The summed E-state index contributed by atoms with van der Waals surface area (Å²) in [6.45, 7) is 1.88. The highest BCUT2D eigenvalue weighted by atomic mass is 35.5. The summed E-state index contributed by atoms with van der Waals surface area (Å²) < 4.78 is 8.85. The molecule has 5 rings (SSSR count). The molecular formula is C24H19ClN4O2S. The van der Waals surface area contributed by atoms with Crippen LogP contribution in [0.3, 0.4) is 0 Å². The van der Waals surface area contributed by atoms with Crippen molar-refractivity contribution in [2.45, 2.75) is 17.0 Å². The zero-order valence-electron chi connectivity index (χ0n) is 17.7. The van der Waals surface area contributed by atoms with Crippen LogP contribution in [-0.4, -0.2) is 26.2 Å². The number of imidazole rings is 1. The summed E-state index contributed by atoms with van der Waals surface area (Å²) in [5, 5.41) is 2.17. The molecule has 0 saturated carbocycles. The molecule has 0 bridgehead atoms. The van der Waals surface area contributed by atoms with Crippen molar-refractivity contribution in [3.05, 3.63) is 81.9 Å². The standard InChI is InChI=1S/C24H19ClN4O2S/c1-14-19(5-4-12-26-14)29-20-13-15(25)6-11-18(20)22-21(23(29)30)27-24(28(22)2)32-17-9-7-16(31-3)8-10-17/h4-13H,1-3H3. The van der Waals surface area contributed by atoms with Crippen LogP contribution in [0.1, 0.15) is 5.69 Å². The van der Waals surface area contributed by atoms with Gasteiger partial charge in [0.2, 0.25) is 0 Å². The number of fused-ring (bicyclic) bond motifs is 3. The lowest BCUT2D eigenvalue weighted by Crippen LogP contribution is -2.20. The highest BCUT2D eigenvalue weighted by Crippen LogP contribution is 2.33. The summed E-state index contributed by atoms with van der Waals surface area (Å²) >= 11 is 7.82. The summed E-state index contributed by atoms with van der Waals surface area (Å²) in [5.74, 6) is 0.789. The minimum atomic E-state index is -0.206. The first kappa shape index (κ1) is 20.6. The van der Waals surface area contributed by atoms with Gasteiger partial charge in [0.15, 0.2) is 10.7 Å². The van der Waals surface area contributed by atoms with Crippen LogP contribution in [-0.2, 0) is 7.05 Å². The van der Waals surface area contributed by atoms with Crippen molar-refractivity contribution in [1.82, 2.24) is 19.1 Å². The van der Waals surface area contributed by atoms with E-state index in [2.05, 4.69) is 4.98 Å². The van der Waals surface area contributed by atoms with Crippen LogP contribution < -0.4 is 10.3 Å². The highest BCUT2D eigenvalue weighted by molar-refractivity contribution is 7.99. The number of rotatable bonds is 4. The summed E-state index contributed by atoms with van der Waals surface area (Å²) in [5.41, 5.74) is 3.15. The lowest BCUT2D eigenvalue weighted by Gasteiger charge is -2.13. The number of nitrogens with zero attached hydrogens (tertiary/aromatic N) is 4. The second-order valence-corrected chi connectivity index (χ2v) is 8.82. The third kappa shape index (κ3) is 3.34. The Bertz CT molecular complexity index is 1540. The summed E-state index contributed by atoms with van der Waals surface area (Å²) in [6.07, 6.45) is 1.71. The predicted molar refractivity (Wildman–Crippen MR) is 128 cm³/mol. The molecule has 0 fully saturated rings. The Labute approximate surface area is 193 Å². The molecule has 0 unspecified atom stereocenters. The van der Waals surface area contributed by atoms with Gasteiger partial charge in [-0.25, -0.2) is 4.98 Å². The Morgan fingerprint density at radius 3 is 2.59 bits per heavy atom. The molecule has 32 heavy (non-hydrogen) atoms. The van der Waals surface area contributed by atoms with Gasteiger partial charge in [0.25, 0.3) is 5.56 Å². The maximum Gasteiger partial charge on any atom is 0.283 e. The smallest absolute Gasteiger partial charge is 0.283 e. The Morgan fingerprint density at radius 1 is 1.09 bits per heavy atom. The summed E-state index contributed by atoms with van der Waals surface area (Å²) in [7, 11) is 3.56. The second kappa shape index (κ2) is 8.00. The van der Waals surface area contributed by atoms with Crippen LogP contribution in [0, 0.1) is 6.92 Å². The first-order valence-electron chi connectivity index (χ1n) is 9.92. The van der Waals surface area contributed by atoms with Crippen LogP contribution in [0.15, 0.2) is 75.6 Å². The van der Waals surface area contributed by atoms with E-state index in [0.29, 0.717) is 16.2 Å². The average Bonchev–Trinajstić information content (AvgIpc) is 3.12. The van der Waals surface area contributed by atoms with Crippen LogP contribution >= 0.6 is 23.4 Å². The lowest BCUT2D eigenvalue weighted by atomic mass is 10.1. The molecule has 0 spiro atoms. The molecule has 3 aromatic heterocycles. The third-order valence-corrected chi connectivity index (χ3v) is 6.69. The average molecular weight is 463 g/mol. The third-order valence-electron chi connectivity index (χ3n) is 5.40. The Balaban J connectivity index is 1.79. The molecule has 160 valence electrons. The summed E-state index contributed by atoms with van der Waals surface area (Å²) in [6, 6.07) is 17.0. The van der Waals surface area contributed by atoms with Crippen LogP contribution in [0.4, 0.5) is 0 Å². The molecule has 0 radical (unpaired) electrons. The van der Waals surface area contributed by atoms with E-state index in [1.807, 2.05) is 73.1 Å². The van der Waals surface area contributed by atoms with Gasteiger partial charge in [-0.15, -0.1) is 0 Å². The van der Waals surface area contributed by atoms with E-state index < -0.39 is 0 Å². The quantitative estimate of drug-likeness (QED) is 0.358. The molecule has 2 aromatic carbocycles. The normalized spacial score (nSPS) is 11.4. The minimum absolute atomic E-state index is 0.206. The van der Waals surface area contributed by atoms with Gasteiger partial charge in [0, 0.05) is 28.5 Å². The number of benzene rings is 2. The van der Waals surface area contributed by atoms with Crippen molar-refractivity contribution >= 4 is 45.3 Å². The van der Waals surface area contributed by atoms with Gasteiger partial charge < -0.3 is 9.30 Å². The predicted octanol–water partition coefficient (Wildman–Crippen LogP) is 5.39. The zero-order valence-corrected chi connectivity index (χ0v) is 19.2. The van der Waals surface area contributed by atoms with Crippen molar-refractivity contribution in [2.24, 2.45) is 7.05 Å². The van der Waals surface area contributed by atoms with Gasteiger partial charge in [-0.2, -0.15) is 0 Å². The molecule has 0 saturated heterocycles. The van der Waals surface area contributed by atoms with Gasteiger partial charge in [0.05, 0.1) is 29.5 Å². The van der Waals surface area contributed by atoms with Gasteiger partial charge in [-0.3, -0.25) is 14.3 Å². The van der Waals surface area contributed by atoms with E-state index in [4.69, 9.17) is 21.3 Å². The number of hydrogen-bond donors (Lipinski definition) is 0. The van der Waals surface area contributed by atoms with Gasteiger partial charge in [0.1, 0.15) is 5.75 Å². The maximum absolute atomic E-state index is 13.7. The van der Waals surface area contributed by atoms with E-state index in [1.54, 1.807) is 17.9 Å². The van der Waals surface area contributed by atoms with Crippen molar-refractivity contribution < 1.29 is 4.74 Å². The van der Waals surface area contributed by atoms with E-state index in [1.165, 1.54) is 11.8 Å². The number of aromatic nitrogens is 4. The fraction of sp³-hybridized carbons (Fsp3) is 0.125. The van der Waals surface area contributed by atoms with Crippen molar-refractivity contribution in [3.63, 3.8) is 0 Å². The second-order valence-electron chi connectivity index (χ2n) is 7.34. The van der Waals surface area contributed by atoms with Crippen molar-refractivity contribution in [3.8, 4) is 11.4 Å². The number of ether oxygens (including phenoxy) is 1. The Morgan fingerprint density at radius 2 is 1.88 bits per heavy atom. The number of pyridine rings is 2. The van der Waals surface area contributed by atoms with E-state index in [9.17, 15) is 4.79 Å². The number of halogens is 1. The van der Waals surface area contributed by atoms with Crippen molar-refractivity contribution in [1.29, 1.82) is 0 Å². The van der Waals surface area contributed by atoms with Crippen molar-refractivity contribution in [2.75, 3.05) is 7.11 Å². The molecular weight excluding hydrogens is 444 g/mol. The topological polar surface area (TPSA) is 61.9 Å². The molecule has 0 atom stereocenters. The first-order chi connectivity index (χ1) is 15.5. The molecule has 0 N–H and O–H groups in total. The zero-order chi connectivity index (χ0) is 22.4. The Kier molecular flexibility index (Phi) is 5.15. The molecule has 6 nitrogen and oxygen atoms in total. The SMILES string of the molecule is COc1ccc(Sc2nc3c(=O)n(-c4cccnc4C)c4cc(Cl)ccc4c3n2C)cc1. The largest absolute Gasteiger partial charge is 0.497 e. The lowest BCUT2D eigenvalue weighted by molar-refractivity contribution is 0.414. The monoisotopic (exact) mass is 462 g/mol. The number of hydrogen-bond acceptors (Lipinski definition) is 5.